The lowest BCUT2D eigenvalue weighted by molar-refractivity contribution is 0.248. The van der Waals surface area contributed by atoms with Crippen molar-refractivity contribution in [3.63, 3.8) is 0 Å². The van der Waals surface area contributed by atoms with Gasteiger partial charge in [-0.15, -0.1) is 5.10 Å². The van der Waals surface area contributed by atoms with Crippen LogP contribution in [0, 0.1) is 17.6 Å². The SMILES string of the molecule is CCCS(=O)(=O)Cc1ccc(F)c(-n2cc(-c3cccc(N4CCN(CC5CC5)CC4)c3)nn2)c1F. The molecule has 0 N–H and O–H groups in total. The molecule has 1 aliphatic carbocycles. The van der Waals surface area contributed by atoms with Gasteiger partial charge in [-0.3, -0.25) is 4.90 Å². The highest BCUT2D eigenvalue weighted by molar-refractivity contribution is 7.90. The highest BCUT2D eigenvalue weighted by atomic mass is 32.2. The number of aromatic nitrogens is 3. The molecule has 0 radical (unpaired) electrons. The molecule has 192 valence electrons. The van der Waals surface area contributed by atoms with E-state index >= 15 is 4.39 Å². The third kappa shape index (κ3) is 5.59. The topological polar surface area (TPSA) is 71.3 Å². The first-order valence-corrected chi connectivity index (χ1v) is 14.3. The zero-order valence-electron chi connectivity index (χ0n) is 20.4. The Morgan fingerprint density at radius 2 is 1.83 bits per heavy atom. The van der Waals surface area contributed by atoms with Crippen LogP contribution in [-0.4, -0.2) is 66.8 Å². The van der Waals surface area contributed by atoms with E-state index in [1.54, 1.807) is 6.92 Å². The Balaban J connectivity index is 1.35. The number of anilines is 1. The summed E-state index contributed by atoms with van der Waals surface area (Å²) in [5, 5.41) is 8.11. The summed E-state index contributed by atoms with van der Waals surface area (Å²) in [5.41, 5.74) is 1.84. The molecule has 2 aromatic carbocycles. The van der Waals surface area contributed by atoms with Gasteiger partial charge < -0.3 is 4.90 Å². The summed E-state index contributed by atoms with van der Waals surface area (Å²) in [6.45, 7) is 6.93. The molecule has 1 aliphatic heterocycles. The number of piperazine rings is 1. The Morgan fingerprint density at radius 1 is 1.06 bits per heavy atom. The highest BCUT2D eigenvalue weighted by Crippen LogP contribution is 2.31. The van der Waals surface area contributed by atoms with Crippen LogP contribution >= 0.6 is 0 Å². The maximum Gasteiger partial charge on any atom is 0.156 e. The van der Waals surface area contributed by atoms with Crippen molar-refractivity contribution in [1.82, 2.24) is 19.9 Å². The predicted octanol–water partition coefficient (Wildman–Crippen LogP) is 4.07. The largest absolute Gasteiger partial charge is 0.369 e. The van der Waals surface area contributed by atoms with Crippen LogP contribution in [0.4, 0.5) is 14.5 Å². The quantitative estimate of drug-likeness (QED) is 0.428. The zero-order chi connectivity index (χ0) is 25.3. The maximum absolute atomic E-state index is 15.2. The van der Waals surface area contributed by atoms with Crippen LogP contribution in [-0.2, 0) is 15.6 Å². The molecule has 36 heavy (non-hydrogen) atoms. The van der Waals surface area contributed by atoms with Crippen molar-refractivity contribution in [2.45, 2.75) is 31.9 Å². The summed E-state index contributed by atoms with van der Waals surface area (Å²) in [6, 6.07) is 10.2. The van der Waals surface area contributed by atoms with Crippen molar-refractivity contribution in [2.75, 3.05) is 43.4 Å². The number of hydrogen-bond donors (Lipinski definition) is 0. The van der Waals surface area contributed by atoms with Gasteiger partial charge in [0.1, 0.15) is 11.4 Å². The summed E-state index contributed by atoms with van der Waals surface area (Å²) in [7, 11) is -3.49. The van der Waals surface area contributed by atoms with Crippen molar-refractivity contribution in [1.29, 1.82) is 0 Å². The van der Waals surface area contributed by atoms with E-state index in [9.17, 15) is 12.8 Å². The molecule has 0 bridgehead atoms. The number of nitrogens with zero attached hydrogens (tertiary/aromatic N) is 5. The molecule has 2 heterocycles. The van der Waals surface area contributed by atoms with E-state index < -0.39 is 32.9 Å². The normalized spacial score (nSPS) is 17.0. The van der Waals surface area contributed by atoms with Crippen LogP contribution in [0.15, 0.2) is 42.6 Å². The number of rotatable bonds is 9. The Labute approximate surface area is 210 Å². The molecule has 0 atom stereocenters. The Kier molecular flexibility index (Phi) is 7.07. The molecular weight excluding hydrogens is 484 g/mol. The fourth-order valence-electron chi connectivity index (χ4n) is 4.75. The van der Waals surface area contributed by atoms with Gasteiger partial charge in [0.25, 0.3) is 0 Å². The zero-order valence-corrected chi connectivity index (χ0v) is 21.2. The Morgan fingerprint density at radius 3 is 2.56 bits per heavy atom. The molecule has 5 rings (SSSR count). The monoisotopic (exact) mass is 515 g/mol. The first kappa shape index (κ1) is 24.8. The second-order valence-electron chi connectivity index (χ2n) is 9.79. The van der Waals surface area contributed by atoms with Crippen LogP contribution in [0.1, 0.15) is 31.7 Å². The van der Waals surface area contributed by atoms with Gasteiger partial charge in [-0.05, 0) is 43.4 Å². The summed E-state index contributed by atoms with van der Waals surface area (Å²) >= 11 is 0. The molecule has 1 saturated heterocycles. The number of benzene rings is 2. The van der Waals surface area contributed by atoms with E-state index in [4.69, 9.17) is 0 Å². The molecule has 1 saturated carbocycles. The second kappa shape index (κ2) is 10.3. The molecule has 10 heteroatoms. The molecular formula is C26H31F2N5O2S. The third-order valence-electron chi connectivity index (χ3n) is 6.85. The summed E-state index contributed by atoms with van der Waals surface area (Å²) in [4.78, 5) is 4.88. The van der Waals surface area contributed by atoms with E-state index in [1.165, 1.54) is 31.6 Å². The van der Waals surface area contributed by atoms with Gasteiger partial charge in [0.2, 0.25) is 0 Å². The van der Waals surface area contributed by atoms with E-state index in [0.29, 0.717) is 12.1 Å². The first-order valence-electron chi connectivity index (χ1n) is 12.5. The van der Waals surface area contributed by atoms with E-state index in [2.05, 4.69) is 26.2 Å². The van der Waals surface area contributed by atoms with Crippen LogP contribution in [0.2, 0.25) is 0 Å². The van der Waals surface area contributed by atoms with Crippen molar-refractivity contribution in [3.8, 4) is 16.9 Å². The number of hydrogen-bond acceptors (Lipinski definition) is 6. The standard InChI is InChI=1S/C26H31F2N5O2S/c1-2-14-36(34,35)18-21-8-9-23(27)26(25(21)28)33-17-24(29-30-33)20-4-3-5-22(15-20)32-12-10-31(11-13-32)16-19-6-7-19/h3-5,8-9,15,17,19H,2,6-7,10-14,16,18H2,1H3. The minimum Gasteiger partial charge on any atom is -0.369 e. The van der Waals surface area contributed by atoms with E-state index in [-0.39, 0.29) is 11.3 Å². The number of halogens is 2. The Bertz CT molecular complexity index is 1330. The molecule has 0 amide bonds. The minimum absolute atomic E-state index is 0.0570. The lowest BCUT2D eigenvalue weighted by Gasteiger charge is -2.36. The molecule has 1 aromatic heterocycles. The maximum atomic E-state index is 15.2. The molecule has 3 aromatic rings. The van der Waals surface area contributed by atoms with Gasteiger partial charge in [-0.1, -0.05) is 30.3 Å². The second-order valence-corrected chi connectivity index (χ2v) is 12.0. The van der Waals surface area contributed by atoms with Gasteiger partial charge >= 0.3 is 0 Å². The van der Waals surface area contributed by atoms with Crippen LogP contribution in [0.25, 0.3) is 16.9 Å². The average molecular weight is 516 g/mol. The molecule has 0 spiro atoms. The highest BCUT2D eigenvalue weighted by Gasteiger charge is 2.26. The van der Waals surface area contributed by atoms with Gasteiger partial charge in [0.05, 0.1) is 17.7 Å². The first-order chi connectivity index (χ1) is 17.3. The fraction of sp³-hybridized carbons (Fsp3) is 0.462. The van der Waals surface area contributed by atoms with E-state index in [0.717, 1.165) is 54.1 Å². The fourth-order valence-corrected chi connectivity index (χ4v) is 6.21. The van der Waals surface area contributed by atoms with Crippen LogP contribution < -0.4 is 4.90 Å². The number of sulfone groups is 1. The van der Waals surface area contributed by atoms with Crippen molar-refractivity contribution >= 4 is 15.5 Å². The summed E-state index contributed by atoms with van der Waals surface area (Å²) in [5.74, 6) is -1.43. The molecule has 0 unspecified atom stereocenters. The summed E-state index contributed by atoms with van der Waals surface area (Å²) in [6.07, 6.45) is 4.62. The Hall–Kier alpha value is -2.85. The molecule has 7 nitrogen and oxygen atoms in total. The predicted molar refractivity (Wildman–Crippen MR) is 136 cm³/mol. The van der Waals surface area contributed by atoms with Gasteiger partial charge in [-0.2, -0.15) is 0 Å². The van der Waals surface area contributed by atoms with E-state index in [1.807, 2.05) is 18.2 Å². The molecule has 2 fully saturated rings. The van der Waals surface area contributed by atoms with Crippen molar-refractivity contribution < 1.29 is 17.2 Å². The van der Waals surface area contributed by atoms with Crippen LogP contribution in [0.5, 0.6) is 0 Å². The summed E-state index contributed by atoms with van der Waals surface area (Å²) < 4.78 is 55.3. The van der Waals surface area contributed by atoms with Gasteiger partial charge in [0.15, 0.2) is 21.5 Å². The van der Waals surface area contributed by atoms with Crippen LogP contribution in [0.3, 0.4) is 0 Å². The minimum atomic E-state index is -3.49. The average Bonchev–Trinajstić information content (AvgIpc) is 3.54. The third-order valence-corrected chi connectivity index (χ3v) is 8.63. The lowest BCUT2D eigenvalue weighted by Crippen LogP contribution is -2.47. The van der Waals surface area contributed by atoms with Crippen molar-refractivity contribution in [2.24, 2.45) is 5.92 Å². The smallest absolute Gasteiger partial charge is 0.156 e. The van der Waals surface area contributed by atoms with Gasteiger partial charge in [0, 0.05) is 49.5 Å². The molecule has 2 aliphatic rings. The lowest BCUT2D eigenvalue weighted by atomic mass is 10.1. The van der Waals surface area contributed by atoms with Gasteiger partial charge in [-0.25, -0.2) is 21.9 Å². The van der Waals surface area contributed by atoms with Crippen molar-refractivity contribution in [3.05, 3.63) is 59.8 Å².